The lowest BCUT2D eigenvalue weighted by Crippen LogP contribution is -2.67. The molecule has 0 spiro atoms. The summed E-state index contributed by atoms with van der Waals surface area (Å²) in [6.45, 7) is 5.13. The molecule has 0 saturated carbocycles. The Bertz CT molecular complexity index is 946. The number of allylic oxidation sites excluding steroid dienone is 2. The van der Waals surface area contributed by atoms with Crippen LogP contribution in [0.25, 0.3) is 0 Å². The number of carbonyl (C=O) groups excluding carboxylic acids is 2. The molecule has 5 nitrogen and oxygen atoms in total. The third-order valence-corrected chi connectivity index (χ3v) is 5.70. The smallest absolute Gasteiger partial charge is 0.201 e. The summed E-state index contributed by atoms with van der Waals surface area (Å²) in [5.41, 5.74) is -2.26. The molecule has 4 rings (SSSR count). The van der Waals surface area contributed by atoms with E-state index in [9.17, 15) is 19.8 Å². The van der Waals surface area contributed by atoms with E-state index in [-0.39, 0.29) is 23.7 Å². The van der Waals surface area contributed by atoms with Crippen molar-refractivity contribution in [3.8, 4) is 11.5 Å². The first-order valence-corrected chi connectivity index (χ1v) is 8.98. The van der Waals surface area contributed by atoms with Gasteiger partial charge in [-0.05, 0) is 51.1 Å². The molecule has 0 aromatic heterocycles. The molecule has 2 aliphatic carbocycles. The van der Waals surface area contributed by atoms with Crippen LogP contribution in [0.3, 0.4) is 0 Å². The topological polar surface area (TPSA) is 83.8 Å². The summed E-state index contributed by atoms with van der Waals surface area (Å²) < 4.78 is 6.26. The number of rotatable bonds is 2. The zero-order valence-corrected chi connectivity index (χ0v) is 15.5. The van der Waals surface area contributed by atoms with Gasteiger partial charge in [-0.3, -0.25) is 9.59 Å². The van der Waals surface area contributed by atoms with E-state index in [1.165, 1.54) is 18.2 Å². The zero-order chi connectivity index (χ0) is 19.6. The number of phenols is 1. The molecule has 140 valence electrons. The second kappa shape index (κ2) is 5.42. The van der Waals surface area contributed by atoms with Crippen LogP contribution < -0.4 is 4.74 Å². The molecule has 0 fully saturated rings. The molecule has 27 heavy (non-hydrogen) atoms. The molecule has 0 unspecified atom stereocenters. The summed E-state index contributed by atoms with van der Waals surface area (Å²) >= 11 is 0. The van der Waals surface area contributed by atoms with Gasteiger partial charge in [0.15, 0.2) is 11.4 Å². The van der Waals surface area contributed by atoms with Gasteiger partial charge in [0.2, 0.25) is 5.78 Å². The van der Waals surface area contributed by atoms with E-state index in [1.54, 1.807) is 38.1 Å². The molecule has 5 heteroatoms. The Morgan fingerprint density at radius 1 is 1.22 bits per heavy atom. The summed E-state index contributed by atoms with van der Waals surface area (Å²) in [5, 5.41) is 20.2. The number of hydrogen-bond acceptors (Lipinski definition) is 5. The van der Waals surface area contributed by atoms with Gasteiger partial charge >= 0.3 is 0 Å². The zero-order valence-electron chi connectivity index (χ0n) is 15.5. The van der Waals surface area contributed by atoms with Crippen LogP contribution in [0.15, 0.2) is 54.2 Å². The number of aliphatic hydroxyl groups is 1. The van der Waals surface area contributed by atoms with Gasteiger partial charge in [0.25, 0.3) is 0 Å². The molecule has 0 amide bonds. The standard InChI is InChI=1S/C22H22O5/c1-13-10-16-15-11-14(23)4-5-17(15)27-22(12-13)19(25)7-6-18(24)21(16,22)9-8-20(2,3)26/h4-11,16,23,26H,12H2,1-3H3/b9-8+/t16-,21+,22+/m1/s1. The van der Waals surface area contributed by atoms with Crippen LogP contribution in [0, 0.1) is 5.41 Å². The van der Waals surface area contributed by atoms with Crippen LogP contribution in [0.1, 0.15) is 38.7 Å². The van der Waals surface area contributed by atoms with Gasteiger partial charge in [-0.1, -0.05) is 23.8 Å². The Morgan fingerprint density at radius 3 is 2.63 bits per heavy atom. The lowest BCUT2D eigenvalue weighted by atomic mass is 9.50. The first-order chi connectivity index (χ1) is 12.6. The number of aromatic hydroxyl groups is 1. The lowest BCUT2D eigenvalue weighted by Gasteiger charge is -2.56. The van der Waals surface area contributed by atoms with E-state index in [2.05, 4.69) is 0 Å². The Kier molecular flexibility index (Phi) is 3.56. The van der Waals surface area contributed by atoms with E-state index in [0.717, 1.165) is 5.57 Å². The highest BCUT2D eigenvalue weighted by molar-refractivity contribution is 6.15. The van der Waals surface area contributed by atoms with Crippen LogP contribution in [0.2, 0.25) is 0 Å². The van der Waals surface area contributed by atoms with Crippen molar-refractivity contribution >= 4 is 11.6 Å². The van der Waals surface area contributed by atoms with Gasteiger partial charge in [0.1, 0.15) is 16.9 Å². The molecular weight excluding hydrogens is 344 g/mol. The Labute approximate surface area is 157 Å². The van der Waals surface area contributed by atoms with Crippen molar-refractivity contribution in [1.29, 1.82) is 0 Å². The maximum Gasteiger partial charge on any atom is 0.201 e. The Morgan fingerprint density at radius 2 is 1.93 bits per heavy atom. The average Bonchev–Trinajstić information content (AvgIpc) is 2.57. The van der Waals surface area contributed by atoms with E-state index < -0.39 is 22.5 Å². The van der Waals surface area contributed by atoms with Crippen LogP contribution in [-0.4, -0.2) is 33.0 Å². The highest BCUT2D eigenvalue weighted by Crippen LogP contribution is 2.62. The van der Waals surface area contributed by atoms with E-state index >= 15 is 0 Å². The summed E-state index contributed by atoms with van der Waals surface area (Å²) in [5.74, 6) is -0.440. The third kappa shape index (κ3) is 2.34. The van der Waals surface area contributed by atoms with E-state index in [0.29, 0.717) is 11.3 Å². The first-order valence-electron chi connectivity index (χ1n) is 8.98. The Balaban J connectivity index is 2.08. The van der Waals surface area contributed by atoms with Crippen LogP contribution in [0.5, 0.6) is 11.5 Å². The van der Waals surface area contributed by atoms with Crippen molar-refractivity contribution in [2.24, 2.45) is 5.41 Å². The predicted molar refractivity (Wildman–Crippen MR) is 99.6 cm³/mol. The number of ether oxygens (including phenoxy) is 1. The Hall–Kier alpha value is -2.66. The first kappa shape index (κ1) is 17.7. The monoisotopic (exact) mass is 366 g/mol. The van der Waals surface area contributed by atoms with Crippen LogP contribution in [0.4, 0.5) is 0 Å². The maximum absolute atomic E-state index is 13.3. The second-order valence-corrected chi connectivity index (χ2v) is 8.24. The minimum atomic E-state index is -1.39. The number of benzene rings is 1. The predicted octanol–water partition coefficient (Wildman–Crippen LogP) is 2.98. The fourth-order valence-electron chi connectivity index (χ4n) is 4.55. The van der Waals surface area contributed by atoms with Gasteiger partial charge < -0.3 is 14.9 Å². The molecule has 3 aliphatic rings. The maximum atomic E-state index is 13.3. The van der Waals surface area contributed by atoms with E-state index in [4.69, 9.17) is 4.74 Å². The largest absolute Gasteiger partial charge is 0.508 e. The molecule has 3 atom stereocenters. The van der Waals surface area contributed by atoms with Gasteiger partial charge in [-0.25, -0.2) is 0 Å². The molecule has 2 bridgehead atoms. The summed E-state index contributed by atoms with van der Waals surface area (Å²) in [6, 6.07) is 4.72. The van der Waals surface area contributed by atoms with Crippen molar-refractivity contribution in [2.45, 2.75) is 44.3 Å². The lowest BCUT2D eigenvalue weighted by molar-refractivity contribution is -0.156. The van der Waals surface area contributed by atoms with Gasteiger partial charge in [-0.15, -0.1) is 0 Å². The van der Waals surface area contributed by atoms with Crippen molar-refractivity contribution in [1.82, 2.24) is 0 Å². The molecule has 2 N–H and O–H groups in total. The number of fused-ring (bicyclic) bond motifs is 2. The average molecular weight is 366 g/mol. The fraction of sp³-hybridized carbons (Fsp3) is 0.364. The highest BCUT2D eigenvalue weighted by atomic mass is 16.5. The highest BCUT2D eigenvalue weighted by Gasteiger charge is 2.69. The van der Waals surface area contributed by atoms with Crippen molar-refractivity contribution in [3.05, 3.63) is 59.7 Å². The molecule has 1 aromatic rings. The quantitative estimate of drug-likeness (QED) is 0.786. The van der Waals surface area contributed by atoms with Crippen molar-refractivity contribution in [2.75, 3.05) is 0 Å². The minimum Gasteiger partial charge on any atom is -0.508 e. The number of carbonyl (C=O) groups is 2. The van der Waals surface area contributed by atoms with E-state index in [1.807, 2.05) is 13.0 Å². The molecule has 1 heterocycles. The molecule has 1 aliphatic heterocycles. The van der Waals surface area contributed by atoms with Crippen molar-refractivity contribution in [3.63, 3.8) is 0 Å². The summed E-state index contributed by atoms with van der Waals surface area (Å²) in [4.78, 5) is 26.4. The van der Waals surface area contributed by atoms with Crippen LogP contribution >= 0.6 is 0 Å². The fourth-order valence-corrected chi connectivity index (χ4v) is 4.55. The molecular formula is C22H22O5. The number of ketones is 2. The molecule has 0 saturated heterocycles. The van der Waals surface area contributed by atoms with Crippen LogP contribution in [-0.2, 0) is 9.59 Å². The summed E-state index contributed by atoms with van der Waals surface area (Å²) in [7, 11) is 0. The van der Waals surface area contributed by atoms with Gasteiger partial charge in [0.05, 0.1) is 5.60 Å². The SMILES string of the molecule is CC1=C[C@@H]2c3cc(O)ccc3O[C@@]3(C1)C(=O)C=CC(=O)[C@]23/C=C/C(C)(C)O. The van der Waals surface area contributed by atoms with Gasteiger partial charge in [0, 0.05) is 17.9 Å². The third-order valence-electron chi connectivity index (χ3n) is 5.70. The molecule has 0 radical (unpaired) electrons. The number of hydrogen-bond donors (Lipinski definition) is 2. The number of phenolic OH excluding ortho intramolecular Hbond substituents is 1. The minimum absolute atomic E-state index is 0.0632. The van der Waals surface area contributed by atoms with Crippen molar-refractivity contribution < 1.29 is 24.5 Å². The summed E-state index contributed by atoms with van der Waals surface area (Å²) in [6.07, 6.45) is 8.03. The molecule has 1 aromatic carbocycles. The second-order valence-electron chi connectivity index (χ2n) is 8.24. The van der Waals surface area contributed by atoms with Gasteiger partial charge in [-0.2, -0.15) is 0 Å². The normalized spacial score (nSPS) is 32.0.